The fourth-order valence-electron chi connectivity index (χ4n) is 3.09. The molecule has 0 aliphatic carbocycles. The first-order chi connectivity index (χ1) is 17.7. The largest absolute Gasteiger partial charge is 0.481 e. The fraction of sp³-hybridized carbons (Fsp3) is 0.320. The van der Waals surface area contributed by atoms with Crippen LogP contribution in [0.25, 0.3) is 0 Å². The van der Waals surface area contributed by atoms with Gasteiger partial charge in [-0.05, 0) is 67.6 Å². The number of carboxylic acids is 2. The van der Waals surface area contributed by atoms with Gasteiger partial charge in [0.1, 0.15) is 11.9 Å². The number of rotatable bonds is 15. The summed E-state index contributed by atoms with van der Waals surface area (Å²) in [4.78, 5) is 45.7. The number of carboxylic acid groups (broad SMARTS) is 2. The van der Waals surface area contributed by atoms with Gasteiger partial charge in [-0.3, -0.25) is 15.0 Å². The topological polar surface area (TPSA) is 169 Å². The SMILES string of the molecule is O=C(O)CCC(NC(=O)NCCCCCNC(=O)c1ccc(N/N=C/c2ccc([18F])cc2)cc1)C(=O)O. The van der Waals surface area contributed by atoms with E-state index in [0.29, 0.717) is 37.2 Å². The summed E-state index contributed by atoms with van der Waals surface area (Å²) in [5.41, 5.74) is 4.75. The first-order valence-electron chi connectivity index (χ1n) is 11.7. The molecule has 0 saturated carbocycles. The van der Waals surface area contributed by atoms with Crippen molar-refractivity contribution in [3.05, 3.63) is 65.5 Å². The number of halogens is 1. The van der Waals surface area contributed by atoms with E-state index in [9.17, 15) is 23.6 Å². The molecule has 2 rings (SSSR count). The fourth-order valence-corrected chi connectivity index (χ4v) is 3.09. The lowest BCUT2D eigenvalue weighted by molar-refractivity contribution is -0.140. The highest BCUT2D eigenvalue weighted by atomic mass is 18.2. The number of carbonyl (C=O) groups is 4. The van der Waals surface area contributed by atoms with Crippen LogP contribution in [0.5, 0.6) is 0 Å². The second-order valence-corrected chi connectivity index (χ2v) is 8.04. The molecule has 0 aliphatic rings. The number of benzene rings is 2. The van der Waals surface area contributed by atoms with Gasteiger partial charge in [-0.15, -0.1) is 0 Å². The number of aliphatic carboxylic acids is 2. The number of hydrazone groups is 1. The Hall–Kier alpha value is -4.48. The van der Waals surface area contributed by atoms with Crippen molar-refractivity contribution in [2.75, 3.05) is 18.5 Å². The molecule has 0 fully saturated rings. The van der Waals surface area contributed by atoms with E-state index in [1.165, 1.54) is 12.1 Å². The van der Waals surface area contributed by atoms with E-state index < -0.39 is 24.0 Å². The van der Waals surface area contributed by atoms with Crippen LogP contribution in [0.2, 0.25) is 0 Å². The van der Waals surface area contributed by atoms with Crippen molar-refractivity contribution < 1.29 is 33.8 Å². The van der Waals surface area contributed by atoms with Crippen LogP contribution < -0.4 is 21.4 Å². The molecule has 3 amide bonds. The molecule has 0 saturated heterocycles. The Morgan fingerprint density at radius 3 is 2.16 bits per heavy atom. The predicted molar refractivity (Wildman–Crippen MR) is 135 cm³/mol. The van der Waals surface area contributed by atoms with E-state index in [2.05, 4.69) is 26.5 Å². The van der Waals surface area contributed by atoms with Gasteiger partial charge in [0.05, 0.1) is 11.9 Å². The van der Waals surface area contributed by atoms with Gasteiger partial charge < -0.3 is 26.2 Å². The third kappa shape index (κ3) is 11.7. The van der Waals surface area contributed by atoms with Crippen LogP contribution in [0.15, 0.2) is 53.6 Å². The Morgan fingerprint density at radius 1 is 0.892 bits per heavy atom. The van der Waals surface area contributed by atoms with E-state index >= 15 is 0 Å². The highest BCUT2D eigenvalue weighted by Crippen LogP contribution is 2.10. The maximum atomic E-state index is 12.9. The third-order valence-electron chi connectivity index (χ3n) is 5.10. The lowest BCUT2D eigenvalue weighted by atomic mass is 10.1. The molecule has 1 unspecified atom stereocenters. The highest BCUT2D eigenvalue weighted by molar-refractivity contribution is 5.94. The van der Waals surface area contributed by atoms with Crippen molar-refractivity contribution in [1.29, 1.82) is 0 Å². The second kappa shape index (κ2) is 15.5. The van der Waals surface area contributed by atoms with Gasteiger partial charge in [0.25, 0.3) is 5.91 Å². The number of anilines is 1. The van der Waals surface area contributed by atoms with Crippen LogP contribution in [-0.2, 0) is 9.59 Å². The van der Waals surface area contributed by atoms with Crippen molar-refractivity contribution >= 4 is 35.8 Å². The number of nitrogens with zero attached hydrogens (tertiary/aromatic N) is 1. The predicted octanol–water partition coefficient (Wildman–Crippen LogP) is 2.79. The molecule has 0 radical (unpaired) electrons. The van der Waals surface area contributed by atoms with Crippen LogP contribution in [0.1, 0.15) is 48.0 Å². The minimum atomic E-state index is -1.30. The molecule has 2 aromatic rings. The minimum absolute atomic E-state index is 0.206. The van der Waals surface area contributed by atoms with Gasteiger partial charge in [0.15, 0.2) is 0 Å². The zero-order chi connectivity index (χ0) is 27.0. The summed E-state index contributed by atoms with van der Waals surface area (Å²) >= 11 is 0. The summed E-state index contributed by atoms with van der Waals surface area (Å²) in [5.74, 6) is -2.98. The first kappa shape index (κ1) is 28.8. The average molecular weight is 515 g/mol. The average Bonchev–Trinajstić information content (AvgIpc) is 2.87. The van der Waals surface area contributed by atoms with E-state index in [0.717, 1.165) is 12.0 Å². The van der Waals surface area contributed by atoms with Crippen molar-refractivity contribution in [3.63, 3.8) is 0 Å². The molecule has 0 aromatic heterocycles. The number of hydrogen-bond acceptors (Lipinski definition) is 6. The summed E-state index contributed by atoms with van der Waals surface area (Å²) in [6, 6.07) is 10.7. The van der Waals surface area contributed by atoms with Crippen molar-refractivity contribution in [3.8, 4) is 0 Å². The number of hydrogen-bond donors (Lipinski definition) is 6. The van der Waals surface area contributed by atoms with E-state index in [1.807, 2.05) is 0 Å². The van der Waals surface area contributed by atoms with Crippen LogP contribution in [-0.4, -0.2) is 59.4 Å². The van der Waals surface area contributed by atoms with Crippen LogP contribution in [0.4, 0.5) is 14.9 Å². The van der Waals surface area contributed by atoms with E-state index in [4.69, 9.17) is 10.2 Å². The molecule has 0 aliphatic heterocycles. The highest BCUT2D eigenvalue weighted by Gasteiger charge is 2.20. The van der Waals surface area contributed by atoms with Gasteiger partial charge in [-0.1, -0.05) is 12.1 Å². The number of nitrogens with one attached hydrogen (secondary N) is 4. The van der Waals surface area contributed by atoms with Gasteiger partial charge in [-0.25, -0.2) is 14.0 Å². The smallest absolute Gasteiger partial charge is 0.326 e. The number of urea groups is 1. The molecule has 198 valence electrons. The van der Waals surface area contributed by atoms with Crippen molar-refractivity contribution in [2.45, 2.75) is 38.1 Å². The van der Waals surface area contributed by atoms with Crippen LogP contribution in [0, 0.1) is 5.82 Å². The molecule has 12 heteroatoms. The Labute approximate surface area is 213 Å². The Balaban J connectivity index is 1.59. The number of carbonyl (C=O) groups excluding carboxylic acids is 2. The van der Waals surface area contributed by atoms with E-state index in [1.54, 1.807) is 42.6 Å². The standard InChI is InChI=1S/C25H30FN5O6/c26-19-8-4-17(5-9-19)16-29-31-20-10-6-18(7-11-20)23(34)27-14-2-1-3-15-28-25(37)30-21(24(35)36)12-13-22(32)33/h4-11,16,21,31H,1-3,12-15H2,(H,27,34)(H,32,33)(H,35,36)(H2,28,30,37)/b29-16+/i26-1. The van der Waals surface area contributed by atoms with Gasteiger partial charge >= 0.3 is 18.0 Å². The molecular weight excluding hydrogens is 484 g/mol. The molecule has 0 bridgehead atoms. The quantitative estimate of drug-likeness (QED) is 0.121. The zero-order valence-electron chi connectivity index (χ0n) is 20.1. The minimum Gasteiger partial charge on any atom is -0.481 e. The molecular formula is C25H30FN5O6. The van der Waals surface area contributed by atoms with Crippen LogP contribution >= 0.6 is 0 Å². The molecule has 11 nitrogen and oxygen atoms in total. The van der Waals surface area contributed by atoms with Gasteiger partial charge in [0.2, 0.25) is 0 Å². The van der Waals surface area contributed by atoms with Gasteiger partial charge in [0, 0.05) is 25.1 Å². The Kier molecular flexibility index (Phi) is 12.0. The second-order valence-electron chi connectivity index (χ2n) is 8.04. The molecule has 0 heterocycles. The summed E-state index contributed by atoms with van der Waals surface area (Å²) in [7, 11) is 0. The zero-order valence-corrected chi connectivity index (χ0v) is 20.1. The summed E-state index contributed by atoms with van der Waals surface area (Å²) in [6.45, 7) is 0.756. The Bertz CT molecular complexity index is 1080. The third-order valence-corrected chi connectivity index (χ3v) is 5.10. The molecule has 1 atom stereocenters. The molecule has 6 N–H and O–H groups in total. The maximum Gasteiger partial charge on any atom is 0.326 e. The van der Waals surface area contributed by atoms with Crippen LogP contribution in [0.3, 0.4) is 0 Å². The number of unbranched alkanes of at least 4 members (excludes halogenated alkanes) is 2. The Morgan fingerprint density at radius 2 is 1.54 bits per heavy atom. The monoisotopic (exact) mass is 514 g/mol. The molecule has 37 heavy (non-hydrogen) atoms. The van der Waals surface area contributed by atoms with Crippen molar-refractivity contribution in [1.82, 2.24) is 16.0 Å². The van der Waals surface area contributed by atoms with Crippen molar-refractivity contribution in [2.24, 2.45) is 5.10 Å². The lowest BCUT2D eigenvalue weighted by Gasteiger charge is -2.14. The maximum absolute atomic E-state index is 12.9. The first-order valence-corrected chi connectivity index (χ1v) is 11.7. The molecule has 2 aromatic carbocycles. The summed E-state index contributed by atoms with van der Waals surface area (Å²) in [6.07, 6.45) is 3.01. The summed E-state index contributed by atoms with van der Waals surface area (Å²) in [5, 5.41) is 29.3. The van der Waals surface area contributed by atoms with Gasteiger partial charge in [-0.2, -0.15) is 5.10 Å². The summed E-state index contributed by atoms with van der Waals surface area (Å²) < 4.78 is 12.9. The van der Waals surface area contributed by atoms with E-state index in [-0.39, 0.29) is 24.6 Å². The normalized spacial score (nSPS) is 11.5. The molecule has 0 spiro atoms. The number of amides is 3. The lowest BCUT2D eigenvalue weighted by Crippen LogP contribution is -2.46.